The minimum Gasteiger partial charge on any atom is -0.329 e. The van der Waals surface area contributed by atoms with Crippen LogP contribution in [0.1, 0.15) is 24.0 Å². The molecule has 1 aromatic carbocycles. The van der Waals surface area contributed by atoms with Crippen LogP contribution in [0, 0.1) is 0 Å². The van der Waals surface area contributed by atoms with Gasteiger partial charge in [-0.1, -0.05) is 24.3 Å². The highest BCUT2D eigenvalue weighted by atomic mass is 32.2. The molecule has 4 nitrogen and oxygen atoms in total. The fraction of sp³-hybridized carbons (Fsp3) is 0.571. The van der Waals surface area contributed by atoms with Gasteiger partial charge in [0.25, 0.3) is 0 Å². The van der Waals surface area contributed by atoms with Gasteiger partial charge >= 0.3 is 0 Å². The Balaban J connectivity index is 1.82. The molecule has 2 N–H and O–H groups in total. The lowest BCUT2D eigenvalue weighted by Crippen LogP contribution is -2.55. The molecule has 1 fully saturated rings. The summed E-state index contributed by atoms with van der Waals surface area (Å²) >= 11 is 0. The van der Waals surface area contributed by atoms with E-state index in [4.69, 9.17) is 5.73 Å². The molecule has 3 rings (SSSR count). The van der Waals surface area contributed by atoms with Crippen molar-refractivity contribution in [3.8, 4) is 0 Å². The minimum atomic E-state index is -2.84. The molecule has 0 radical (unpaired) electrons. The monoisotopic (exact) mass is 280 g/mol. The summed E-state index contributed by atoms with van der Waals surface area (Å²) in [5, 5.41) is 0. The number of hydrogen-bond donors (Lipinski definition) is 1. The van der Waals surface area contributed by atoms with Crippen LogP contribution in [0.4, 0.5) is 0 Å². The van der Waals surface area contributed by atoms with Gasteiger partial charge < -0.3 is 5.73 Å². The molecule has 2 aliphatic heterocycles. The van der Waals surface area contributed by atoms with E-state index in [1.54, 1.807) is 0 Å². The van der Waals surface area contributed by atoms with E-state index in [1.807, 2.05) is 0 Å². The average Bonchev–Trinajstić information content (AvgIpc) is 2.84. The molecule has 0 aliphatic carbocycles. The molecule has 0 saturated carbocycles. The van der Waals surface area contributed by atoms with E-state index in [2.05, 4.69) is 29.2 Å². The summed E-state index contributed by atoms with van der Waals surface area (Å²) < 4.78 is 23.3. The Kier molecular flexibility index (Phi) is 3.15. The van der Waals surface area contributed by atoms with Crippen LogP contribution in [-0.2, 0) is 22.9 Å². The minimum absolute atomic E-state index is 0.135. The van der Waals surface area contributed by atoms with Crippen LogP contribution in [0.15, 0.2) is 24.3 Å². The molecular formula is C14H20N2O2S. The SMILES string of the molecule is NCC1(N2Cc3ccccc3C2)CCS(=O)(=O)CC1. The Bertz CT molecular complexity index is 544. The van der Waals surface area contributed by atoms with Gasteiger partial charge in [-0.15, -0.1) is 0 Å². The van der Waals surface area contributed by atoms with Crippen molar-refractivity contribution in [1.82, 2.24) is 4.90 Å². The molecule has 2 heterocycles. The van der Waals surface area contributed by atoms with E-state index < -0.39 is 9.84 Å². The van der Waals surface area contributed by atoms with Crippen molar-refractivity contribution in [3.05, 3.63) is 35.4 Å². The smallest absolute Gasteiger partial charge is 0.150 e. The summed E-state index contributed by atoms with van der Waals surface area (Å²) in [5.41, 5.74) is 8.57. The van der Waals surface area contributed by atoms with Gasteiger partial charge in [-0.25, -0.2) is 8.42 Å². The maximum absolute atomic E-state index is 11.6. The highest BCUT2D eigenvalue weighted by Gasteiger charge is 2.42. The van der Waals surface area contributed by atoms with Gasteiger partial charge in [0, 0.05) is 25.2 Å². The van der Waals surface area contributed by atoms with Gasteiger partial charge in [-0.3, -0.25) is 4.90 Å². The molecule has 0 unspecified atom stereocenters. The molecule has 0 amide bonds. The van der Waals surface area contributed by atoms with E-state index >= 15 is 0 Å². The fourth-order valence-corrected chi connectivity index (χ4v) is 4.82. The Labute approximate surface area is 114 Å². The third kappa shape index (κ3) is 2.30. The summed E-state index contributed by atoms with van der Waals surface area (Å²) in [4.78, 5) is 2.38. The molecule has 5 heteroatoms. The van der Waals surface area contributed by atoms with Gasteiger partial charge in [-0.05, 0) is 24.0 Å². The number of benzene rings is 1. The van der Waals surface area contributed by atoms with E-state index in [9.17, 15) is 8.42 Å². The number of fused-ring (bicyclic) bond motifs is 1. The number of sulfone groups is 1. The zero-order valence-corrected chi connectivity index (χ0v) is 11.8. The molecule has 1 saturated heterocycles. The van der Waals surface area contributed by atoms with E-state index in [-0.39, 0.29) is 17.0 Å². The van der Waals surface area contributed by atoms with Crippen LogP contribution in [0.2, 0.25) is 0 Å². The Morgan fingerprint density at radius 3 is 2.11 bits per heavy atom. The second-order valence-corrected chi connectivity index (χ2v) is 8.01. The Morgan fingerprint density at radius 1 is 1.11 bits per heavy atom. The standard InChI is InChI=1S/C14H20N2O2S/c15-11-14(5-7-19(17,18)8-6-14)16-9-12-3-1-2-4-13(12)10-16/h1-4H,5-11,15H2. The predicted octanol–water partition coefficient (Wildman–Crippen LogP) is 0.908. The van der Waals surface area contributed by atoms with Crippen molar-refractivity contribution in [2.75, 3.05) is 18.1 Å². The highest BCUT2D eigenvalue weighted by Crippen LogP contribution is 2.36. The Hall–Kier alpha value is -0.910. The molecule has 0 spiro atoms. The first-order valence-electron chi connectivity index (χ1n) is 6.77. The largest absolute Gasteiger partial charge is 0.329 e. The zero-order chi connectivity index (χ0) is 13.5. The van der Waals surface area contributed by atoms with Crippen LogP contribution in [0.3, 0.4) is 0 Å². The number of nitrogens with two attached hydrogens (primary N) is 1. The number of rotatable bonds is 2. The molecule has 0 atom stereocenters. The van der Waals surface area contributed by atoms with E-state index in [0.29, 0.717) is 19.4 Å². The lowest BCUT2D eigenvalue weighted by atomic mass is 9.90. The first-order valence-corrected chi connectivity index (χ1v) is 8.59. The van der Waals surface area contributed by atoms with E-state index in [0.717, 1.165) is 13.1 Å². The fourth-order valence-electron chi connectivity index (χ4n) is 3.24. The highest BCUT2D eigenvalue weighted by molar-refractivity contribution is 7.91. The van der Waals surface area contributed by atoms with Crippen molar-refractivity contribution in [3.63, 3.8) is 0 Å². The Morgan fingerprint density at radius 2 is 1.63 bits per heavy atom. The molecule has 2 aliphatic rings. The van der Waals surface area contributed by atoms with Crippen LogP contribution in [0.25, 0.3) is 0 Å². The predicted molar refractivity (Wildman–Crippen MR) is 75.4 cm³/mol. The number of hydrogen-bond acceptors (Lipinski definition) is 4. The lowest BCUT2D eigenvalue weighted by Gasteiger charge is -2.43. The van der Waals surface area contributed by atoms with Gasteiger partial charge in [-0.2, -0.15) is 0 Å². The molecule has 0 bridgehead atoms. The quantitative estimate of drug-likeness (QED) is 0.874. The molecular weight excluding hydrogens is 260 g/mol. The number of nitrogens with zero attached hydrogens (tertiary/aromatic N) is 1. The molecule has 104 valence electrons. The van der Waals surface area contributed by atoms with E-state index in [1.165, 1.54) is 11.1 Å². The first-order chi connectivity index (χ1) is 9.05. The maximum Gasteiger partial charge on any atom is 0.150 e. The van der Waals surface area contributed by atoms with Crippen LogP contribution in [-0.4, -0.2) is 36.9 Å². The van der Waals surface area contributed by atoms with Crippen molar-refractivity contribution in [2.45, 2.75) is 31.5 Å². The summed E-state index contributed by atoms with van der Waals surface area (Å²) in [5.74, 6) is 0.550. The maximum atomic E-state index is 11.6. The molecule has 1 aromatic rings. The lowest BCUT2D eigenvalue weighted by molar-refractivity contribution is 0.0803. The second-order valence-electron chi connectivity index (χ2n) is 5.71. The van der Waals surface area contributed by atoms with Crippen LogP contribution < -0.4 is 5.73 Å². The summed E-state index contributed by atoms with van der Waals surface area (Å²) in [6.45, 7) is 2.33. The average molecular weight is 280 g/mol. The first kappa shape index (κ1) is 13.1. The van der Waals surface area contributed by atoms with Crippen LogP contribution in [0.5, 0.6) is 0 Å². The third-order valence-corrected chi connectivity index (χ3v) is 6.30. The topological polar surface area (TPSA) is 63.4 Å². The van der Waals surface area contributed by atoms with Crippen molar-refractivity contribution >= 4 is 9.84 Å². The summed E-state index contributed by atoms with van der Waals surface area (Å²) in [6.07, 6.45) is 1.33. The summed E-state index contributed by atoms with van der Waals surface area (Å²) in [7, 11) is -2.84. The molecule has 0 aromatic heterocycles. The van der Waals surface area contributed by atoms with Gasteiger partial charge in [0.15, 0.2) is 0 Å². The summed E-state index contributed by atoms with van der Waals surface area (Å²) in [6, 6.07) is 8.42. The second kappa shape index (κ2) is 4.58. The van der Waals surface area contributed by atoms with Gasteiger partial charge in [0.2, 0.25) is 0 Å². The zero-order valence-electron chi connectivity index (χ0n) is 11.0. The normalized spacial score (nSPS) is 25.1. The third-order valence-electron chi connectivity index (χ3n) is 4.65. The molecule has 19 heavy (non-hydrogen) atoms. The van der Waals surface area contributed by atoms with Crippen molar-refractivity contribution in [1.29, 1.82) is 0 Å². The van der Waals surface area contributed by atoms with Crippen molar-refractivity contribution < 1.29 is 8.42 Å². The van der Waals surface area contributed by atoms with Gasteiger partial charge in [0.05, 0.1) is 11.5 Å². The van der Waals surface area contributed by atoms with Crippen molar-refractivity contribution in [2.24, 2.45) is 5.73 Å². The van der Waals surface area contributed by atoms with Crippen LogP contribution >= 0.6 is 0 Å². The van der Waals surface area contributed by atoms with Gasteiger partial charge in [0.1, 0.15) is 9.84 Å².